The lowest BCUT2D eigenvalue weighted by atomic mass is 10.0. The summed E-state index contributed by atoms with van der Waals surface area (Å²) in [6.45, 7) is 4.17. The summed E-state index contributed by atoms with van der Waals surface area (Å²) in [7, 11) is 1.56. The molecule has 2 aromatic carbocycles. The van der Waals surface area contributed by atoms with E-state index >= 15 is 0 Å². The molecule has 0 atom stereocenters. The number of methoxy groups -OCH3 is 1. The van der Waals surface area contributed by atoms with Crippen molar-refractivity contribution < 1.29 is 14.3 Å². The van der Waals surface area contributed by atoms with E-state index in [4.69, 9.17) is 4.74 Å². The number of carbonyl (C=O) groups is 2. The van der Waals surface area contributed by atoms with Crippen LogP contribution in [0.5, 0.6) is 5.75 Å². The summed E-state index contributed by atoms with van der Waals surface area (Å²) >= 11 is 1.43. The van der Waals surface area contributed by atoms with E-state index in [1.165, 1.54) is 11.3 Å². The first-order valence-corrected chi connectivity index (χ1v) is 11.7. The zero-order chi connectivity index (χ0) is 23.4. The van der Waals surface area contributed by atoms with E-state index in [0.717, 1.165) is 44.7 Å². The Bertz CT molecular complexity index is 1290. The van der Waals surface area contributed by atoms with Gasteiger partial charge in [-0.2, -0.15) is 5.10 Å². The SMILES string of the molecule is CCc1cccc(CC)c1NC(=O)Cc1cc2c(NC(=O)c3cccc(OC)c3)[nH]nc2s1. The van der Waals surface area contributed by atoms with Crippen LogP contribution in [0.3, 0.4) is 0 Å². The Morgan fingerprint density at radius 2 is 1.76 bits per heavy atom. The molecule has 0 aliphatic heterocycles. The molecule has 0 saturated carbocycles. The number of amides is 2. The predicted octanol–water partition coefficient (Wildman–Crippen LogP) is 5.19. The number of nitrogens with one attached hydrogen (secondary N) is 3. The van der Waals surface area contributed by atoms with Crippen LogP contribution in [-0.2, 0) is 24.1 Å². The Balaban J connectivity index is 1.49. The summed E-state index contributed by atoms with van der Waals surface area (Å²) in [6, 6.07) is 15.0. The smallest absolute Gasteiger partial charge is 0.256 e. The van der Waals surface area contributed by atoms with E-state index in [-0.39, 0.29) is 18.2 Å². The van der Waals surface area contributed by atoms with Gasteiger partial charge in [0.1, 0.15) is 16.4 Å². The molecule has 0 radical (unpaired) electrons. The Hall–Kier alpha value is -3.65. The van der Waals surface area contributed by atoms with Crippen molar-refractivity contribution in [2.45, 2.75) is 33.1 Å². The molecule has 0 spiro atoms. The minimum Gasteiger partial charge on any atom is -0.497 e. The first-order chi connectivity index (χ1) is 16.0. The number of benzene rings is 2. The highest BCUT2D eigenvalue weighted by Gasteiger charge is 2.17. The molecule has 2 heterocycles. The third-order valence-corrected chi connectivity index (χ3v) is 6.50. The lowest BCUT2D eigenvalue weighted by molar-refractivity contribution is -0.115. The van der Waals surface area contributed by atoms with Gasteiger partial charge < -0.3 is 15.4 Å². The molecule has 0 saturated heterocycles. The van der Waals surface area contributed by atoms with Crippen molar-refractivity contribution in [2.24, 2.45) is 0 Å². The Labute approximate surface area is 196 Å². The lowest BCUT2D eigenvalue weighted by Crippen LogP contribution is -2.16. The summed E-state index contributed by atoms with van der Waals surface area (Å²) < 4.78 is 5.19. The molecular formula is C25H26N4O3S. The van der Waals surface area contributed by atoms with Crippen LogP contribution in [0.4, 0.5) is 11.5 Å². The van der Waals surface area contributed by atoms with Crippen LogP contribution >= 0.6 is 11.3 Å². The molecule has 7 nitrogen and oxygen atoms in total. The number of anilines is 2. The minimum absolute atomic E-state index is 0.0690. The third kappa shape index (κ3) is 4.90. The van der Waals surface area contributed by atoms with Gasteiger partial charge in [-0.3, -0.25) is 14.7 Å². The molecule has 0 bridgehead atoms. The number of nitrogens with zero attached hydrogens (tertiary/aromatic N) is 1. The molecular weight excluding hydrogens is 436 g/mol. The number of carbonyl (C=O) groups excluding carboxylic acids is 2. The zero-order valence-corrected chi connectivity index (χ0v) is 19.6. The van der Waals surface area contributed by atoms with Gasteiger partial charge in [0.2, 0.25) is 5.91 Å². The second-order valence-corrected chi connectivity index (χ2v) is 8.71. The van der Waals surface area contributed by atoms with E-state index < -0.39 is 0 Å². The summed E-state index contributed by atoms with van der Waals surface area (Å²) in [4.78, 5) is 27.1. The topological polar surface area (TPSA) is 96.1 Å². The largest absolute Gasteiger partial charge is 0.497 e. The number of aromatic amines is 1. The van der Waals surface area contributed by atoms with Gasteiger partial charge in [0.05, 0.1) is 18.9 Å². The number of hydrogen-bond acceptors (Lipinski definition) is 5. The van der Waals surface area contributed by atoms with E-state index in [9.17, 15) is 9.59 Å². The molecule has 0 aliphatic rings. The molecule has 2 aromatic heterocycles. The maximum Gasteiger partial charge on any atom is 0.256 e. The highest BCUT2D eigenvalue weighted by Crippen LogP contribution is 2.30. The Morgan fingerprint density at radius 3 is 2.45 bits per heavy atom. The lowest BCUT2D eigenvalue weighted by Gasteiger charge is -2.14. The van der Waals surface area contributed by atoms with Crippen LogP contribution in [-0.4, -0.2) is 29.1 Å². The van der Waals surface area contributed by atoms with Gasteiger partial charge in [-0.1, -0.05) is 38.1 Å². The van der Waals surface area contributed by atoms with E-state index in [1.54, 1.807) is 31.4 Å². The second kappa shape index (κ2) is 9.87. The van der Waals surface area contributed by atoms with Gasteiger partial charge in [0.25, 0.3) is 5.91 Å². The molecule has 0 unspecified atom stereocenters. The van der Waals surface area contributed by atoms with Gasteiger partial charge in [-0.15, -0.1) is 11.3 Å². The number of rotatable bonds is 8. The molecule has 8 heteroatoms. The van der Waals surface area contributed by atoms with Crippen molar-refractivity contribution in [1.82, 2.24) is 10.2 Å². The average molecular weight is 463 g/mol. The monoisotopic (exact) mass is 462 g/mol. The van der Waals surface area contributed by atoms with E-state index in [2.05, 4.69) is 34.7 Å². The molecule has 33 heavy (non-hydrogen) atoms. The number of H-pyrrole nitrogens is 1. The van der Waals surface area contributed by atoms with Gasteiger partial charge in [-0.05, 0) is 48.2 Å². The standard InChI is InChI=1S/C25H26N4O3S/c1-4-15-8-6-9-16(5-2)22(15)26-21(30)14-19-13-20-23(28-29-25(20)33-19)27-24(31)17-10-7-11-18(12-17)32-3/h6-13H,4-5,14H2,1-3H3,(H,26,30)(H2,27,28,29,31). The molecule has 0 aliphatic carbocycles. The average Bonchev–Trinajstić information content (AvgIpc) is 3.39. The number of para-hydroxylation sites is 1. The zero-order valence-electron chi connectivity index (χ0n) is 18.8. The van der Waals surface area contributed by atoms with Crippen molar-refractivity contribution in [3.8, 4) is 5.75 Å². The quantitative estimate of drug-likeness (QED) is 0.336. The fourth-order valence-electron chi connectivity index (χ4n) is 3.74. The fourth-order valence-corrected chi connectivity index (χ4v) is 4.73. The molecule has 4 aromatic rings. The van der Waals surface area contributed by atoms with Crippen LogP contribution in [0.1, 0.15) is 40.2 Å². The minimum atomic E-state index is -0.270. The summed E-state index contributed by atoms with van der Waals surface area (Å²) in [6.07, 6.45) is 1.95. The fraction of sp³-hybridized carbons (Fsp3) is 0.240. The third-order valence-electron chi connectivity index (χ3n) is 5.47. The van der Waals surface area contributed by atoms with E-state index in [0.29, 0.717) is 17.1 Å². The van der Waals surface area contributed by atoms with Crippen LogP contribution in [0.2, 0.25) is 0 Å². The highest BCUT2D eigenvalue weighted by molar-refractivity contribution is 7.18. The molecule has 0 fully saturated rings. The van der Waals surface area contributed by atoms with Gasteiger partial charge in [-0.25, -0.2) is 0 Å². The summed E-state index contributed by atoms with van der Waals surface area (Å²) in [5.41, 5.74) is 3.66. The highest BCUT2D eigenvalue weighted by atomic mass is 32.1. The number of aryl methyl sites for hydroxylation is 2. The second-order valence-electron chi connectivity index (χ2n) is 7.60. The first-order valence-electron chi connectivity index (χ1n) is 10.8. The predicted molar refractivity (Wildman–Crippen MR) is 132 cm³/mol. The summed E-state index contributed by atoms with van der Waals surface area (Å²) in [5, 5.41) is 13.9. The van der Waals surface area contributed by atoms with Gasteiger partial charge >= 0.3 is 0 Å². The van der Waals surface area contributed by atoms with Crippen LogP contribution in [0.15, 0.2) is 48.5 Å². The van der Waals surface area contributed by atoms with Crippen LogP contribution in [0, 0.1) is 0 Å². The molecule has 4 rings (SSSR count). The maximum absolute atomic E-state index is 12.8. The van der Waals surface area contributed by atoms with Crippen LogP contribution < -0.4 is 15.4 Å². The summed E-state index contributed by atoms with van der Waals surface area (Å²) in [5.74, 6) is 0.774. The molecule has 2 amide bonds. The Kier molecular flexibility index (Phi) is 6.74. The number of ether oxygens (including phenoxy) is 1. The van der Waals surface area contributed by atoms with Crippen LogP contribution in [0.25, 0.3) is 10.2 Å². The van der Waals surface area contributed by atoms with Crippen molar-refractivity contribution in [3.63, 3.8) is 0 Å². The number of thiophene rings is 1. The number of hydrogen-bond donors (Lipinski definition) is 3. The van der Waals surface area contributed by atoms with Gasteiger partial charge in [0.15, 0.2) is 0 Å². The number of fused-ring (bicyclic) bond motifs is 1. The molecule has 170 valence electrons. The number of aromatic nitrogens is 2. The first kappa shape index (κ1) is 22.5. The maximum atomic E-state index is 12.8. The van der Waals surface area contributed by atoms with E-state index in [1.807, 2.05) is 24.3 Å². The normalized spacial score (nSPS) is 10.9. The van der Waals surface area contributed by atoms with Crippen molar-refractivity contribution in [1.29, 1.82) is 0 Å². The molecule has 3 N–H and O–H groups in total. The van der Waals surface area contributed by atoms with Gasteiger partial charge in [0, 0.05) is 16.1 Å². The van der Waals surface area contributed by atoms with Crippen molar-refractivity contribution in [2.75, 3.05) is 17.7 Å². The van der Waals surface area contributed by atoms with Crippen molar-refractivity contribution in [3.05, 3.63) is 70.1 Å². The van der Waals surface area contributed by atoms with Crippen molar-refractivity contribution >= 4 is 44.9 Å². The Morgan fingerprint density at radius 1 is 1.03 bits per heavy atom.